The molecule has 1 amide bonds. The molecule has 1 aliphatic rings. The molecule has 1 heterocycles. The average Bonchev–Trinajstić information content (AvgIpc) is 3.13. The summed E-state index contributed by atoms with van der Waals surface area (Å²) >= 11 is 0. The van der Waals surface area contributed by atoms with Gasteiger partial charge in [-0.15, -0.1) is 0 Å². The van der Waals surface area contributed by atoms with Crippen LogP contribution in [-0.4, -0.2) is 27.8 Å². The minimum Gasteiger partial charge on any atom is -0.507 e. The van der Waals surface area contributed by atoms with Gasteiger partial charge in [0.1, 0.15) is 17.3 Å². The van der Waals surface area contributed by atoms with Crippen molar-refractivity contribution >= 4 is 28.2 Å². The van der Waals surface area contributed by atoms with Gasteiger partial charge in [0.05, 0.1) is 17.7 Å². The van der Waals surface area contributed by atoms with Gasteiger partial charge in [-0.05, 0) is 60.0 Å². The first kappa shape index (κ1) is 24.3. The van der Waals surface area contributed by atoms with Crippen LogP contribution in [0.15, 0.2) is 96.6 Å². The van der Waals surface area contributed by atoms with Gasteiger partial charge in [0.2, 0.25) is 0 Å². The Bertz CT molecular complexity index is 1520. The van der Waals surface area contributed by atoms with E-state index in [1.54, 1.807) is 36.4 Å². The molecule has 0 spiro atoms. The van der Waals surface area contributed by atoms with Crippen molar-refractivity contribution in [3.63, 3.8) is 0 Å². The van der Waals surface area contributed by atoms with E-state index < -0.39 is 17.7 Å². The van der Waals surface area contributed by atoms with Gasteiger partial charge < -0.3 is 14.7 Å². The fraction of sp³-hybridized carbons (Fsp3) is 0.161. The predicted molar refractivity (Wildman–Crippen MR) is 140 cm³/mol. The van der Waals surface area contributed by atoms with Crippen molar-refractivity contribution in [1.82, 2.24) is 4.90 Å². The maximum atomic E-state index is 13.5. The van der Waals surface area contributed by atoms with Gasteiger partial charge >= 0.3 is 0 Å². The van der Waals surface area contributed by atoms with Crippen LogP contribution in [0.3, 0.4) is 0 Å². The Hall–Kier alpha value is -4.45. The molecule has 1 atom stereocenters. The zero-order chi connectivity index (χ0) is 26.1. The van der Waals surface area contributed by atoms with E-state index in [0.29, 0.717) is 16.9 Å². The summed E-state index contributed by atoms with van der Waals surface area (Å²) in [7, 11) is 0. The maximum Gasteiger partial charge on any atom is 0.295 e. The van der Waals surface area contributed by atoms with Gasteiger partial charge in [0, 0.05) is 12.1 Å². The number of rotatable bonds is 6. The SMILES string of the molecule is CC(C)Oc1cccc(/C(O)=C2/C(=O)C(=O)N(Cc3ccc(F)cc3)C2c2cccc3ccccc23)c1. The number of ketones is 1. The fourth-order valence-electron chi connectivity index (χ4n) is 4.79. The van der Waals surface area contributed by atoms with E-state index in [9.17, 15) is 19.1 Å². The van der Waals surface area contributed by atoms with Crippen LogP contribution in [0.2, 0.25) is 0 Å². The first-order valence-electron chi connectivity index (χ1n) is 12.1. The second-order valence-electron chi connectivity index (χ2n) is 9.32. The molecule has 0 bridgehead atoms. The molecule has 4 aromatic rings. The van der Waals surface area contributed by atoms with E-state index in [-0.39, 0.29) is 29.8 Å². The monoisotopic (exact) mass is 495 g/mol. The lowest BCUT2D eigenvalue weighted by Crippen LogP contribution is -2.29. The van der Waals surface area contributed by atoms with Gasteiger partial charge in [-0.3, -0.25) is 9.59 Å². The van der Waals surface area contributed by atoms with Crippen LogP contribution in [0.25, 0.3) is 16.5 Å². The summed E-state index contributed by atoms with van der Waals surface area (Å²) in [5.41, 5.74) is 1.77. The number of hydrogen-bond donors (Lipinski definition) is 1. The quantitative estimate of drug-likeness (QED) is 0.191. The standard InChI is InChI=1S/C31H26FNO4/c1-19(2)37-24-10-5-9-22(17-24)29(34)27-28(26-12-6-8-21-7-3-4-11-25(21)26)33(31(36)30(27)35)18-20-13-15-23(32)16-14-20/h3-17,19,28,34H,18H2,1-2H3/b29-27-. The number of fused-ring (bicyclic) bond motifs is 1. The van der Waals surface area contributed by atoms with Crippen LogP contribution in [0, 0.1) is 5.82 Å². The number of nitrogens with zero attached hydrogens (tertiary/aromatic N) is 1. The molecule has 1 aliphatic heterocycles. The smallest absolute Gasteiger partial charge is 0.295 e. The van der Waals surface area contributed by atoms with E-state index in [4.69, 9.17) is 4.74 Å². The third-order valence-electron chi connectivity index (χ3n) is 6.40. The van der Waals surface area contributed by atoms with Gasteiger partial charge in [0.15, 0.2) is 0 Å². The van der Waals surface area contributed by atoms with Crippen molar-refractivity contribution in [1.29, 1.82) is 0 Å². The summed E-state index contributed by atoms with van der Waals surface area (Å²) in [6.07, 6.45) is -0.0747. The number of amides is 1. The second kappa shape index (κ2) is 9.90. The number of ether oxygens (including phenoxy) is 1. The minimum absolute atomic E-state index is 0.00478. The molecule has 0 aromatic heterocycles. The van der Waals surface area contributed by atoms with E-state index in [1.165, 1.54) is 17.0 Å². The highest BCUT2D eigenvalue weighted by Gasteiger charge is 2.46. The zero-order valence-electron chi connectivity index (χ0n) is 20.5. The molecule has 37 heavy (non-hydrogen) atoms. The highest BCUT2D eigenvalue weighted by Crippen LogP contribution is 2.42. The van der Waals surface area contributed by atoms with Crippen LogP contribution in [0.5, 0.6) is 5.75 Å². The molecular formula is C31H26FNO4. The van der Waals surface area contributed by atoms with Crippen molar-refractivity contribution < 1.29 is 23.8 Å². The number of aliphatic hydroxyl groups is 1. The molecule has 186 valence electrons. The normalized spacial score (nSPS) is 17.1. The van der Waals surface area contributed by atoms with Crippen LogP contribution in [0.4, 0.5) is 4.39 Å². The minimum atomic E-state index is -0.842. The van der Waals surface area contributed by atoms with Crippen LogP contribution in [0.1, 0.15) is 36.6 Å². The Balaban J connectivity index is 1.69. The van der Waals surface area contributed by atoms with E-state index in [0.717, 1.165) is 16.3 Å². The molecule has 4 aromatic carbocycles. The average molecular weight is 496 g/mol. The number of Topliss-reactive ketones (excluding diaryl/α,β-unsaturated/α-hetero) is 1. The number of aliphatic hydroxyl groups excluding tert-OH is 1. The lowest BCUT2D eigenvalue weighted by Gasteiger charge is -2.26. The molecule has 0 saturated carbocycles. The fourth-order valence-corrected chi connectivity index (χ4v) is 4.79. The summed E-state index contributed by atoms with van der Waals surface area (Å²) in [4.78, 5) is 28.3. The highest BCUT2D eigenvalue weighted by atomic mass is 19.1. The number of benzene rings is 4. The number of hydrogen-bond acceptors (Lipinski definition) is 4. The van der Waals surface area contributed by atoms with Crippen molar-refractivity contribution in [2.24, 2.45) is 0 Å². The summed E-state index contributed by atoms with van der Waals surface area (Å²) in [6.45, 7) is 3.87. The van der Waals surface area contributed by atoms with Gasteiger partial charge in [-0.2, -0.15) is 0 Å². The number of carbonyl (C=O) groups is 2. The first-order valence-corrected chi connectivity index (χ1v) is 12.1. The van der Waals surface area contributed by atoms with Gasteiger partial charge in [-0.1, -0.05) is 66.7 Å². The Labute approximate surface area is 214 Å². The summed E-state index contributed by atoms with van der Waals surface area (Å²) < 4.78 is 19.3. The number of likely N-dealkylation sites (tertiary alicyclic amines) is 1. The second-order valence-corrected chi connectivity index (χ2v) is 9.32. The topological polar surface area (TPSA) is 66.8 Å². The molecule has 0 radical (unpaired) electrons. The molecule has 1 fully saturated rings. The summed E-state index contributed by atoms with van der Waals surface area (Å²) in [6, 6.07) is 25.2. The lowest BCUT2D eigenvalue weighted by atomic mass is 9.91. The van der Waals surface area contributed by atoms with Crippen LogP contribution >= 0.6 is 0 Å². The molecule has 1 N–H and O–H groups in total. The van der Waals surface area contributed by atoms with E-state index >= 15 is 0 Å². The Morgan fingerprint density at radius 3 is 2.41 bits per heavy atom. The molecule has 1 unspecified atom stereocenters. The van der Waals surface area contributed by atoms with E-state index in [2.05, 4.69) is 0 Å². The Morgan fingerprint density at radius 1 is 0.946 bits per heavy atom. The molecule has 5 rings (SSSR count). The Kier molecular flexibility index (Phi) is 6.49. The number of carbonyl (C=O) groups excluding carboxylic acids is 2. The van der Waals surface area contributed by atoms with Crippen molar-refractivity contribution in [3.8, 4) is 5.75 Å². The first-order chi connectivity index (χ1) is 17.8. The summed E-state index contributed by atoms with van der Waals surface area (Å²) in [5, 5.41) is 13.3. The van der Waals surface area contributed by atoms with Crippen molar-refractivity contribution in [3.05, 3.63) is 119 Å². The number of halogens is 1. The van der Waals surface area contributed by atoms with Gasteiger partial charge in [0.25, 0.3) is 11.7 Å². The molecule has 1 saturated heterocycles. The zero-order valence-corrected chi connectivity index (χ0v) is 20.5. The maximum absolute atomic E-state index is 13.5. The molecule has 6 heteroatoms. The molecule has 5 nitrogen and oxygen atoms in total. The molecular weight excluding hydrogens is 469 g/mol. The Morgan fingerprint density at radius 2 is 1.65 bits per heavy atom. The van der Waals surface area contributed by atoms with Crippen molar-refractivity contribution in [2.45, 2.75) is 32.5 Å². The third kappa shape index (κ3) is 4.70. The largest absolute Gasteiger partial charge is 0.507 e. The lowest BCUT2D eigenvalue weighted by molar-refractivity contribution is -0.140. The third-order valence-corrected chi connectivity index (χ3v) is 6.40. The highest BCUT2D eigenvalue weighted by molar-refractivity contribution is 6.46. The van der Waals surface area contributed by atoms with Crippen molar-refractivity contribution in [2.75, 3.05) is 0 Å². The predicted octanol–water partition coefficient (Wildman–Crippen LogP) is 6.39. The van der Waals surface area contributed by atoms with Crippen LogP contribution in [-0.2, 0) is 16.1 Å². The van der Waals surface area contributed by atoms with Crippen LogP contribution < -0.4 is 4.74 Å². The summed E-state index contributed by atoms with van der Waals surface area (Å²) in [5.74, 6) is -1.61. The van der Waals surface area contributed by atoms with Gasteiger partial charge in [-0.25, -0.2) is 4.39 Å². The molecule has 0 aliphatic carbocycles. The van der Waals surface area contributed by atoms with E-state index in [1.807, 2.05) is 56.3 Å².